The van der Waals surface area contributed by atoms with Crippen molar-refractivity contribution in [2.75, 3.05) is 0 Å². The first kappa shape index (κ1) is 11.2. The van der Waals surface area contributed by atoms with Gasteiger partial charge in [-0.1, -0.05) is 0 Å². The molecule has 0 aromatic carbocycles. The molecule has 1 amide bonds. The zero-order valence-electron chi connectivity index (χ0n) is 9.48. The molecule has 0 aliphatic heterocycles. The summed E-state index contributed by atoms with van der Waals surface area (Å²) in [5.41, 5.74) is 5.79. The molecule has 3 N–H and O–H groups in total. The average molecular weight is 222 g/mol. The molecule has 1 aliphatic rings. The minimum Gasteiger partial charge on any atom is -0.467 e. The van der Waals surface area contributed by atoms with Crippen molar-refractivity contribution in [3.63, 3.8) is 0 Å². The molecule has 1 saturated carbocycles. The third-order valence-corrected chi connectivity index (χ3v) is 3.17. The van der Waals surface area contributed by atoms with Gasteiger partial charge in [-0.2, -0.15) is 0 Å². The molecule has 88 valence electrons. The van der Waals surface area contributed by atoms with E-state index in [4.69, 9.17) is 10.2 Å². The predicted octanol–water partition coefficient (Wildman–Crippen LogP) is 1.58. The van der Waals surface area contributed by atoms with Gasteiger partial charge in [-0.25, -0.2) is 0 Å². The Morgan fingerprint density at radius 3 is 3.00 bits per heavy atom. The summed E-state index contributed by atoms with van der Waals surface area (Å²) >= 11 is 0. The number of amides is 1. The summed E-state index contributed by atoms with van der Waals surface area (Å²) in [6, 6.07) is 3.81. The van der Waals surface area contributed by atoms with Crippen molar-refractivity contribution in [1.29, 1.82) is 0 Å². The minimum atomic E-state index is -0.0701. The molecule has 0 spiro atoms. The second-order valence-corrected chi connectivity index (χ2v) is 4.52. The molecular formula is C12H18N2O2. The molecule has 3 atom stereocenters. The number of carbonyl (C=O) groups is 1. The highest BCUT2D eigenvalue weighted by Crippen LogP contribution is 2.25. The molecule has 16 heavy (non-hydrogen) atoms. The summed E-state index contributed by atoms with van der Waals surface area (Å²) in [5, 5.41) is 2.96. The van der Waals surface area contributed by atoms with Gasteiger partial charge in [0.2, 0.25) is 5.91 Å². The summed E-state index contributed by atoms with van der Waals surface area (Å²) in [6.07, 6.45) is 4.27. The van der Waals surface area contributed by atoms with Crippen molar-refractivity contribution in [2.45, 2.75) is 38.3 Å². The Morgan fingerprint density at radius 1 is 1.62 bits per heavy atom. The lowest BCUT2D eigenvalue weighted by atomic mass is 10.1. The standard InChI is InChI=1S/C12H18N2O2/c1-8(11-3-2-6-16-11)14-12(15)9-4-5-10(13)7-9/h2-3,6,8-10H,4-5,7,13H2,1H3,(H,14,15)/t8-,9?,10?/m1/s1. The zero-order chi connectivity index (χ0) is 11.5. The lowest BCUT2D eigenvalue weighted by molar-refractivity contribution is -0.125. The van der Waals surface area contributed by atoms with Gasteiger partial charge in [0.25, 0.3) is 0 Å². The first-order valence-electron chi connectivity index (χ1n) is 5.76. The van der Waals surface area contributed by atoms with Crippen LogP contribution in [0.5, 0.6) is 0 Å². The van der Waals surface area contributed by atoms with E-state index in [1.165, 1.54) is 0 Å². The van der Waals surface area contributed by atoms with Crippen LogP contribution in [-0.2, 0) is 4.79 Å². The van der Waals surface area contributed by atoms with Crippen molar-refractivity contribution in [3.05, 3.63) is 24.2 Å². The molecular weight excluding hydrogens is 204 g/mol. The maximum absolute atomic E-state index is 11.9. The maximum Gasteiger partial charge on any atom is 0.223 e. The van der Waals surface area contributed by atoms with Crippen LogP contribution in [0.4, 0.5) is 0 Å². The summed E-state index contributed by atoms with van der Waals surface area (Å²) < 4.78 is 5.24. The van der Waals surface area contributed by atoms with Crippen LogP contribution in [0.1, 0.15) is 38.0 Å². The van der Waals surface area contributed by atoms with Gasteiger partial charge in [0.1, 0.15) is 5.76 Å². The van der Waals surface area contributed by atoms with Crippen LogP contribution < -0.4 is 11.1 Å². The minimum absolute atomic E-state index is 0.0701. The van der Waals surface area contributed by atoms with Crippen molar-refractivity contribution < 1.29 is 9.21 Å². The smallest absolute Gasteiger partial charge is 0.223 e. The first-order valence-corrected chi connectivity index (χ1v) is 5.76. The monoisotopic (exact) mass is 222 g/mol. The van der Waals surface area contributed by atoms with Crippen molar-refractivity contribution >= 4 is 5.91 Å². The molecule has 1 heterocycles. The Kier molecular flexibility index (Phi) is 3.29. The van der Waals surface area contributed by atoms with Crippen LogP contribution in [0.15, 0.2) is 22.8 Å². The Balaban J connectivity index is 1.88. The van der Waals surface area contributed by atoms with Gasteiger partial charge in [-0.15, -0.1) is 0 Å². The molecule has 1 aromatic rings. The van der Waals surface area contributed by atoms with Gasteiger partial charge in [-0.3, -0.25) is 4.79 Å². The fraction of sp³-hybridized carbons (Fsp3) is 0.583. The molecule has 4 heteroatoms. The predicted molar refractivity (Wildman–Crippen MR) is 60.6 cm³/mol. The van der Waals surface area contributed by atoms with Gasteiger partial charge < -0.3 is 15.5 Å². The van der Waals surface area contributed by atoms with Crippen molar-refractivity contribution in [2.24, 2.45) is 11.7 Å². The van der Waals surface area contributed by atoms with E-state index in [1.807, 2.05) is 19.1 Å². The van der Waals surface area contributed by atoms with Crippen LogP contribution in [0.2, 0.25) is 0 Å². The normalized spacial score (nSPS) is 26.6. The van der Waals surface area contributed by atoms with E-state index in [2.05, 4.69) is 5.32 Å². The molecule has 2 unspecified atom stereocenters. The second-order valence-electron chi connectivity index (χ2n) is 4.52. The van der Waals surface area contributed by atoms with Crippen LogP contribution >= 0.6 is 0 Å². The number of hydrogen-bond donors (Lipinski definition) is 2. The van der Waals surface area contributed by atoms with E-state index in [0.29, 0.717) is 0 Å². The molecule has 1 aromatic heterocycles. The van der Waals surface area contributed by atoms with Gasteiger partial charge in [-0.05, 0) is 38.3 Å². The average Bonchev–Trinajstić information content (AvgIpc) is 2.87. The molecule has 1 aliphatic carbocycles. The summed E-state index contributed by atoms with van der Waals surface area (Å²) in [4.78, 5) is 11.9. The highest BCUT2D eigenvalue weighted by atomic mass is 16.3. The lowest BCUT2D eigenvalue weighted by Crippen LogP contribution is -2.32. The van der Waals surface area contributed by atoms with E-state index in [-0.39, 0.29) is 23.9 Å². The molecule has 4 nitrogen and oxygen atoms in total. The number of nitrogens with two attached hydrogens (primary N) is 1. The molecule has 2 rings (SSSR count). The van der Waals surface area contributed by atoms with Crippen LogP contribution in [0, 0.1) is 5.92 Å². The quantitative estimate of drug-likeness (QED) is 0.816. The van der Waals surface area contributed by atoms with Crippen LogP contribution in [-0.4, -0.2) is 11.9 Å². The summed E-state index contributed by atoms with van der Waals surface area (Å²) in [6.45, 7) is 1.92. The second kappa shape index (κ2) is 4.70. The lowest BCUT2D eigenvalue weighted by Gasteiger charge is -2.15. The number of rotatable bonds is 3. The Hall–Kier alpha value is -1.29. The van der Waals surface area contributed by atoms with Gasteiger partial charge in [0.05, 0.1) is 12.3 Å². The highest BCUT2D eigenvalue weighted by Gasteiger charge is 2.28. The summed E-state index contributed by atoms with van der Waals surface area (Å²) in [7, 11) is 0. The number of carbonyl (C=O) groups excluding carboxylic acids is 1. The topological polar surface area (TPSA) is 68.3 Å². The largest absolute Gasteiger partial charge is 0.467 e. The molecule has 0 saturated heterocycles. The number of hydrogen-bond acceptors (Lipinski definition) is 3. The third-order valence-electron chi connectivity index (χ3n) is 3.17. The van der Waals surface area contributed by atoms with Crippen LogP contribution in [0.25, 0.3) is 0 Å². The summed E-state index contributed by atoms with van der Waals surface area (Å²) in [5.74, 6) is 0.958. The zero-order valence-corrected chi connectivity index (χ0v) is 9.48. The van der Waals surface area contributed by atoms with Gasteiger partial charge >= 0.3 is 0 Å². The van der Waals surface area contributed by atoms with Crippen LogP contribution in [0.3, 0.4) is 0 Å². The Labute approximate surface area is 95.2 Å². The SMILES string of the molecule is C[C@@H](NC(=O)C1CCC(N)C1)c1ccco1. The van der Waals surface area contributed by atoms with E-state index < -0.39 is 0 Å². The highest BCUT2D eigenvalue weighted by molar-refractivity contribution is 5.79. The van der Waals surface area contributed by atoms with Crippen molar-refractivity contribution in [3.8, 4) is 0 Å². The Morgan fingerprint density at radius 2 is 2.44 bits per heavy atom. The third kappa shape index (κ3) is 2.44. The Bertz CT molecular complexity index is 348. The number of furan rings is 1. The first-order chi connectivity index (χ1) is 7.66. The van der Waals surface area contributed by atoms with E-state index in [0.717, 1.165) is 25.0 Å². The number of nitrogens with one attached hydrogen (secondary N) is 1. The van der Waals surface area contributed by atoms with E-state index >= 15 is 0 Å². The van der Waals surface area contributed by atoms with E-state index in [1.54, 1.807) is 6.26 Å². The van der Waals surface area contributed by atoms with Crippen molar-refractivity contribution in [1.82, 2.24) is 5.32 Å². The molecule has 0 bridgehead atoms. The fourth-order valence-corrected chi connectivity index (χ4v) is 2.19. The molecule has 1 fully saturated rings. The maximum atomic E-state index is 11.9. The van der Waals surface area contributed by atoms with Gasteiger partial charge in [0.15, 0.2) is 0 Å². The van der Waals surface area contributed by atoms with E-state index in [9.17, 15) is 4.79 Å². The van der Waals surface area contributed by atoms with Gasteiger partial charge in [0, 0.05) is 12.0 Å². The molecule has 0 radical (unpaired) electrons. The fourth-order valence-electron chi connectivity index (χ4n) is 2.19.